The third kappa shape index (κ3) is 6.06. The second-order valence-electron chi connectivity index (χ2n) is 5.17. The van der Waals surface area contributed by atoms with E-state index in [1.165, 1.54) is 32.4 Å². The van der Waals surface area contributed by atoms with E-state index in [-0.39, 0.29) is 0 Å². The highest BCUT2D eigenvalue weighted by atomic mass is 16.2. The van der Waals surface area contributed by atoms with Gasteiger partial charge >= 0.3 is 0 Å². The monoisotopic (exact) mass is 240 g/mol. The van der Waals surface area contributed by atoms with Gasteiger partial charge in [0.1, 0.15) is 0 Å². The maximum absolute atomic E-state index is 11.8. The maximum Gasteiger partial charge on any atom is 0.222 e. The number of carbonyl (C=O) groups is 1. The summed E-state index contributed by atoms with van der Waals surface area (Å²) in [6, 6.07) is 0. The van der Waals surface area contributed by atoms with Crippen LogP contribution in [-0.4, -0.2) is 48.9 Å². The summed E-state index contributed by atoms with van der Waals surface area (Å²) >= 11 is 0. The zero-order valence-electron chi connectivity index (χ0n) is 11.6. The molecule has 3 nitrogen and oxygen atoms in total. The summed E-state index contributed by atoms with van der Waals surface area (Å²) < 4.78 is 0. The molecule has 0 aromatic carbocycles. The van der Waals surface area contributed by atoms with Gasteiger partial charge in [0, 0.05) is 20.0 Å². The van der Waals surface area contributed by atoms with Crippen LogP contribution >= 0.6 is 0 Å². The van der Waals surface area contributed by atoms with Gasteiger partial charge in [-0.05, 0) is 45.3 Å². The molecule has 3 heteroatoms. The van der Waals surface area contributed by atoms with E-state index in [1.54, 1.807) is 0 Å². The van der Waals surface area contributed by atoms with Crippen molar-refractivity contribution in [3.63, 3.8) is 0 Å². The lowest BCUT2D eigenvalue weighted by Gasteiger charge is -2.26. The summed E-state index contributed by atoms with van der Waals surface area (Å²) in [7, 11) is 1.93. The lowest BCUT2D eigenvalue weighted by molar-refractivity contribution is -0.130. The fourth-order valence-corrected chi connectivity index (χ4v) is 2.35. The van der Waals surface area contributed by atoms with Crippen molar-refractivity contribution in [1.82, 2.24) is 9.80 Å². The van der Waals surface area contributed by atoms with Gasteiger partial charge in [-0.3, -0.25) is 4.79 Å². The highest BCUT2D eigenvalue weighted by Gasteiger charge is 2.11. The van der Waals surface area contributed by atoms with E-state index in [2.05, 4.69) is 11.8 Å². The first kappa shape index (κ1) is 14.5. The van der Waals surface area contributed by atoms with Crippen molar-refractivity contribution < 1.29 is 4.79 Å². The molecule has 0 spiro atoms. The molecular weight excluding hydrogens is 212 g/mol. The van der Waals surface area contributed by atoms with E-state index in [0.717, 1.165) is 38.8 Å². The van der Waals surface area contributed by atoms with Crippen LogP contribution in [0.2, 0.25) is 0 Å². The first-order valence-corrected chi connectivity index (χ1v) is 7.20. The van der Waals surface area contributed by atoms with Gasteiger partial charge in [0.15, 0.2) is 0 Å². The number of hydrogen-bond acceptors (Lipinski definition) is 2. The van der Waals surface area contributed by atoms with Crippen molar-refractivity contribution in [3.05, 3.63) is 0 Å². The molecule has 1 saturated heterocycles. The third-order valence-corrected chi connectivity index (χ3v) is 3.59. The Balaban J connectivity index is 2.06. The number of hydrogen-bond donors (Lipinski definition) is 0. The second-order valence-corrected chi connectivity index (χ2v) is 5.17. The summed E-state index contributed by atoms with van der Waals surface area (Å²) in [5.74, 6) is 0.315. The highest BCUT2D eigenvalue weighted by Crippen LogP contribution is 2.09. The molecule has 0 aromatic rings. The van der Waals surface area contributed by atoms with Crippen LogP contribution in [0.4, 0.5) is 0 Å². The number of nitrogens with zero attached hydrogens (tertiary/aromatic N) is 2. The molecule has 0 saturated carbocycles. The molecule has 1 fully saturated rings. The van der Waals surface area contributed by atoms with Gasteiger partial charge in [0.2, 0.25) is 5.91 Å². The van der Waals surface area contributed by atoms with Crippen LogP contribution in [0.3, 0.4) is 0 Å². The molecule has 1 rings (SSSR count). The fraction of sp³-hybridized carbons (Fsp3) is 0.929. The minimum Gasteiger partial charge on any atom is -0.346 e. The summed E-state index contributed by atoms with van der Waals surface area (Å²) in [6.07, 6.45) is 8.08. The Kier molecular flexibility index (Phi) is 7.25. The molecular formula is C14H28N2O. The number of rotatable bonds is 7. The maximum atomic E-state index is 11.8. The quantitative estimate of drug-likeness (QED) is 0.682. The average Bonchev–Trinajstić information content (AvgIpc) is 2.37. The minimum atomic E-state index is 0.315. The van der Waals surface area contributed by atoms with Gasteiger partial charge in [-0.15, -0.1) is 0 Å². The molecule has 17 heavy (non-hydrogen) atoms. The Morgan fingerprint density at radius 1 is 1.18 bits per heavy atom. The first-order valence-electron chi connectivity index (χ1n) is 7.20. The van der Waals surface area contributed by atoms with Crippen molar-refractivity contribution in [2.75, 3.05) is 33.2 Å². The number of piperidine rings is 1. The SMILES string of the molecule is CCCCN(C)C(=O)CCCN1CCCCC1. The topological polar surface area (TPSA) is 23.6 Å². The molecule has 0 aliphatic carbocycles. The third-order valence-electron chi connectivity index (χ3n) is 3.59. The zero-order valence-corrected chi connectivity index (χ0v) is 11.6. The lowest BCUT2D eigenvalue weighted by Crippen LogP contribution is -2.32. The molecule has 1 heterocycles. The van der Waals surface area contributed by atoms with Crippen molar-refractivity contribution in [1.29, 1.82) is 0 Å². The van der Waals surface area contributed by atoms with E-state index in [1.807, 2.05) is 11.9 Å². The van der Waals surface area contributed by atoms with Crippen LogP contribution < -0.4 is 0 Å². The molecule has 0 N–H and O–H groups in total. The highest BCUT2D eigenvalue weighted by molar-refractivity contribution is 5.75. The molecule has 1 amide bonds. The Morgan fingerprint density at radius 2 is 1.88 bits per heavy atom. The van der Waals surface area contributed by atoms with E-state index in [4.69, 9.17) is 0 Å². The molecule has 100 valence electrons. The van der Waals surface area contributed by atoms with E-state index < -0.39 is 0 Å². The van der Waals surface area contributed by atoms with Gasteiger partial charge in [-0.1, -0.05) is 19.8 Å². The Hall–Kier alpha value is -0.570. The summed E-state index contributed by atoms with van der Waals surface area (Å²) in [6.45, 7) is 6.65. The van der Waals surface area contributed by atoms with Crippen LogP contribution in [0.15, 0.2) is 0 Å². The molecule has 0 atom stereocenters. The van der Waals surface area contributed by atoms with Gasteiger partial charge in [0.05, 0.1) is 0 Å². The van der Waals surface area contributed by atoms with Crippen LogP contribution in [0.5, 0.6) is 0 Å². The Labute approximate surface area is 106 Å². The van der Waals surface area contributed by atoms with E-state index in [0.29, 0.717) is 5.91 Å². The predicted octanol–water partition coefficient (Wildman–Crippen LogP) is 2.51. The van der Waals surface area contributed by atoms with Crippen molar-refractivity contribution in [3.8, 4) is 0 Å². The van der Waals surface area contributed by atoms with Gasteiger partial charge in [-0.2, -0.15) is 0 Å². The van der Waals surface area contributed by atoms with E-state index in [9.17, 15) is 4.79 Å². The smallest absolute Gasteiger partial charge is 0.222 e. The Bertz CT molecular complexity index is 212. The largest absolute Gasteiger partial charge is 0.346 e. The summed E-state index contributed by atoms with van der Waals surface area (Å²) in [4.78, 5) is 16.2. The van der Waals surface area contributed by atoms with Crippen LogP contribution in [0.1, 0.15) is 51.9 Å². The second kappa shape index (κ2) is 8.51. The summed E-state index contributed by atoms with van der Waals surface area (Å²) in [5, 5.41) is 0. The molecule has 0 bridgehead atoms. The van der Waals surface area contributed by atoms with Gasteiger partial charge in [-0.25, -0.2) is 0 Å². The predicted molar refractivity (Wildman–Crippen MR) is 72.1 cm³/mol. The number of likely N-dealkylation sites (tertiary alicyclic amines) is 1. The standard InChI is InChI=1S/C14H28N2O/c1-3-4-10-15(2)14(17)9-8-13-16-11-6-5-7-12-16/h3-13H2,1-2H3. The first-order chi connectivity index (χ1) is 8.24. The number of unbranched alkanes of at least 4 members (excludes halogenated alkanes) is 1. The molecule has 0 aromatic heterocycles. The number of carbonyl (C=O) groups excluding carboxylic acids is 1. The van der Waals surface area contributed by atoms with Crippen LogP contribution in [0.25, 0.3) is 0 Å². The summed E-state index contributed by atoms with van der Waals surface area (Å²) in [5.41, 5.74) is 0. The zero-order chi connectivity index (χ0) is 12.5. The van der Waals surface area contributed by atoms with Crippen LogP contribution in [-0.2, 0) is 4.79 Å². The normalized spacial score (nSPS) is 17.1. The average molecular weight is 240 g/mol. The fourth-order valence-electron chi connectivity index (χ4n) is 2.35. The van der Waals surface area contributed by atoms with Crippen molar-refractivity contribution >= 4 is 5.91 Å². The lowest BCUT2D eigenvalue weighted by atomic mass is 10.1. The van der Waals surface area contributed by atoms with Gasteiger partial charge in [0.25, 0.3) is 0 Å². The van der Waals surface area contributed by atoms with Crippen molar-refractivity contribution in [2.24, 2.45) is 0 Å². The molecule has 0 radical (unpaired) electrons. The van der Waals surface area contributed by atoms with Crippen LogP contribution in [0, 0.1) is 0 Å². The number of amides is 1. The molecule has 1 aliphatic heterocycles. The Morgan fingerprint density at radius 3 is 2.53 bits per heavy atom. The molecule has 1 aliphatic rings. The van der Waals surface area contributed by atoms with Crippen molar-refractivity contribution in [2.45, 2.75) is 51.9 Å². The molecule has 0 unspecified atom stereocenters. The minimum absolute atomic E-state index is 0.315. The van der Waals surface area contributed by atoms with Gasteiger partial charge < -0.3 is 9.80 Å². The van der Waals surface area contributed by atoms with E-state index >= 15 is 0 Å².